The number of rotatable bonds is 4. The summed E-state index contributed by atoms with van der Waals surface area (Å²) in [5.41, 5.74) is 0.539. The molecule has 1 aliphatic rings. The summed E-state index contributed by atoms with van der Waals surface area (Å²) in [5, 5.41) is 6.40. The molecule has 5 nitrogen and oxygen atoms in total. The number of amides is 1. The lowest BCUT2D eigenvalue weighted by molar-refractivity contribution is 0.0932. The molecule has 1 amide bonds. The van der Waals surface area contributed by atoms with E-state index in [-0.39, 0.29) is 11.9 Å². The molecule has 1 aromatic rings. The standard InChI is InChI=1S/C15H22N2O3/c1-19-12-6-7-13(14(9-12)20-2)15(18)17-11-5-3-4-8-16-10-11/h6-7,9,11,16H,3-5,8,10H2,1-2H3,(H,17,18). The van der Waals surface area contributed by atoms with Crippen molar-refractivity contribution in [2.24, 2.45) is 0 Å². The number of hydrogen-bond acceptors (Lipinski definition) is 4. The monoisotopic (exact) mass is 278 g/mol. The fourth-order valence-electron chi connectivity index (χ4n) is 2.39. The van der Waals surface area contributed by atoms with Gasteiger partial charge in [0.2, 0.25) is 0 Å². The molecule has 0 aliphatic carbocycles. The molecule has 5 heteroatoms. The summed E-state index contributed by atoms with van der Waals surface area (Å²) in [6.45, 7) is 1.85. The Morgan fingerprint density at radius 2 is 2.15 bits per heavy atom. The predicted molar refractivity (Wildman–Crippen MR) is 77.5 cm³/mol. The summed E-state index contributed by atoms with van der Waals surface area (Å²) in [5.74, 6) is 1.11. The van der Waals surface area contributed by atoms with Gasteiger partial charge in [0.15, 0.2) is 0 Å². The highest BCUT2D eigenvalue weighted by molar-refractivity contribution is 5.97. The second kappa shape index (κ2) is 7.14. The van der Waals surface area contributed by atoms with Gasteiger partial charge in [0.1, 0.15) is 11.5 Å². The van der Waals surface area contributed by atoms with Crippen molar-refractivity contribution >= 4 is 5.91 Å². The Hall–Kier alpha value is -1.75. The quantitative estimate of drug-likeness (QED) is 0.878. The average molecular weight is 278 g/mol. The van der Waals surface area contributed by atoms with Crippen molar-refractivity contribution in [3.05, 3.63) is 23.8 Å². The molecule has 2 rings (SSSR count). The van der Waals surface area contributed by atoms with Crippen LogP contribution in [-0.4, -0.2) is 39.3 Å². The number of nitrogens with one attached hydrogen (secondary N) is 2. The van der Waals surface area contributed by atoms with Crippen LogP contribution in [0.1, 0.15) is 29.6 Å². The molecule has 1 aromatic carbocycles. The highest BCUT2D eigenvalue weighted by Gasteiger charge is 2.18. The van der Waals surface area contributed by atoms with Crippen molar-refractivity contribution in [2.45, 2.75) is 25.3 Å². The Bertz CT molecular complexity index is 454. The van der Waals surface area contributed by atoms with Crippen molar-refractivity contribution in [3.63, 3.8) is 0 Å². The average Bonchev–Trinajstić information content (AvgIpc) is 2.75. The van der Waals surface area contributed by atoms with E-state index in [4.69, 9.17) is 9.47 Å². The van der Waals surface area contributed by atoms with Crippen LogP contribution in [0.5, 0.6) is 11.5 Å². The fourth-order valence-corrected chi connectivity index (χ4v) is 2.39. The summed E-state index contributed by atoms with van der Waals surface area (Å²) < 4.78 is 10.4. The van der Waals surface area contributed by atoms with Crippen LogP contribution < -0.4 is 20.1 Å². The Morgan fingerprint density at radius 1 is 1.30 bits per heavy atom. The third-order valence-electron chi connectivity index (χ3n) is 3.54. The van der Waals surface area contributed by atoms with Crippen LogP contribution in [-0.2, 0) is 0 Å². The zero-order chi connectivity index (χ0) is 14.4. The number of ether oxygens (including phenoxy) is 2. The van der Waals surface area contributed by atoms with Gasteiger partial charge in [0.05, 0.1) is 19.8 Å². The third kappa shape index (κ3) is 3.63. The lowest BCUT2D eigenvalue weighted by Crippen LogP contribution is -2.40. The number of hydrogen-bond donors (Lipinski definition) is 2. The van der Waals surface area contributed by atoms with Crippen molar-refractivity contribution in [2.75, 3.05) is 27.3 Å². The van der Waals surface area contributed by atoms with E-state index < -0.39 is 0 Å². The smallest absolute Gasteiger partial charge is 0.255 e. The van der Waals surface area contributed by atoms with Gasteiger partial charge in [0, 0.05) is 18.7 Å². The molecule has 110 valence electrons. The Labute approximate surface area is 119 Å². The first-order valence-corrected chi connectivity index (χ1v) is 6.98. The maximum absolute atomic E-state index is 12.3. The van der Waals surface area contributed by atoms with Gasteiger partial charge in [-0.05, 0) is 31.5 Å². The molecule has 2 N–H and O–H groups in total. The van der Waals surface area contributed by atoms with E-state index in [0.717, 1.165) is 32.4 Å². The zero-order valence-electron chi connectivity index (χ0n) is 12.1. The summed E-state index contributed by atoms with van der Waals surface area (Å²) in [4.78, 5) is 12.3. The van der Waals surface area contributed by atoms with Gasteiger partial charge in [-0.3, -0.25) is 4.79 Å². The van der Waals surface area contributed by atoms with Gasteiger partial charge in [-0.25, -0.2) is 0 Å². The number of carbonyl (C=O) groups excluding carboxylic acids is 1. The van der Waals surface area contributed by atoms with Crippen molar-refractivity contribution in [1.29, 1.82) is 0 Å². The van der Waals surface area contributed by atoms with Crippen LogP contribution in [0.25, 0.3) is 0 Å². The van der Waals surface area contributed by atoms with Crippen molar-refractivity contribution in [3.8, 4) is 11.5 Å². The van der Waals surface area contributed by atoms with Crippen LogP contribution in [0, 0.1) is 0 Å². The number of methoxy groups -OCH3 is 2. The van der Waals surface area contributed by atoms with E-state index >= 15 is 0 Å². The number of benzene rings is 1. The van der Waals surface area contributed by atoms with Gasteiger partial charge in [-0.1, -0.05) is 6.42 Å². The first-order chi connectivity index (χ1) is 9.74. The van der Waals surface area contributed by atoms with Crippen molar-refractivity contribution in [1.82, 2.24) is 10.6 Å². The number of carbonyl (C=O) groups is 1. The van der Waals surface area contributed by atoms with Gasteiger partial charge < -0.3 is 20.1 Å². The Kier molecular flexibility index (Phi) is 5.24. The molecule has 1 unspecified atom stereocenters. The molecule has 20 heavy (non-hydrogen) atoms. The molecule has 0 aromatic heterocycles. The van der Waals surface area contributed by atoms with Crippen LogP contribution in [0.3, 0.4) is 0 Å². The van der Waals surface area contributed by atoms with Gasteiger partial charge in [-0.2, -0.15) is 0 Å². The van der Waals surface area contributed by atoms with Gasteiger partial charge in [0.25, 0.3) is 5.91 Å². The van der Waals surface area contributed by atoms with Crippen molar-refractivity contribution < 1.29 is 14.3 Å². The van der Waals surface area contributed by atoms with Crippen LogP contribution in [0.4, 0.5) is 0 Å². The van der Waals surface area contributed by atoms with E-state index in [2.05, 4.69) is 10.6 Å². The zero-order valence-corrected chi connectivity index (χ0v) is 12.1. The first-order valence-electron chi connectivity index (χ1n) is 6.98. The molecule has 0 spiro atoms. The molecular formula is C15H22N2O3. The van der Waals surface area contributed by atoms with E-state index in [0.29, 0.717) is 17.1 Å². The summed E-state index contributed by atoms with van der Waals surface area (Å²) in [7, 11) is 3.14. The summed E-state index contributed by atoms with van der Waals surface area (Å²) in [6.07, 6.45) is 3.31. The van der Waals surface area contributed by atoms with E-state index in [1.807, 2.05) is 0 Å². The molecule has 1 saturated heterocycles. The molecule has 0 saturated carbocycles. The minimum atomic E-state index is -0.0989. The predicted octanol–water partition coefficient (Wildman–Crippen LogP) is 1.58. The SMILES string of the molecule is COc1ccc(C(=O)NC2CCCCNC2)c(OC)c1. The molecule has 1 fully saturated rings. The largest absolute Gasteiger partial charge is 0.497 e. The molecule has 0 radical (unpaired) electrons. The third-order valence-corrected chi connectivity index (χ3v) is 3.54. The summed E-state index contributed by atoms with van der Waals surface area (Å²) >= 11 is 0. The topological polar surface area (TPSA) is 59.6 Å². The van der Waals surface area contributed by atoms with Crippen LogP contribution in [0.2, 0.25) is 0 Å². The van der Waals surface area contributed by atoms with Crippen LogP contribution >= 0.6 is 0 Å². The van der Waals surface area contributed by atoms with E-state index in [9.17, 15) is 4.79 Å². The Morgan fingerprint density at radius 3 is 2.90 bits per heavy atom. The first kappa shape index (κ1) is 14.7. The van der Waals surface area contributed by atoms with Gasteiger partial charge in [-0.15, -0.1) is 0 Å². The van der Waals surface area contributed by atoms with Gasteiger partial charge >= 0.3 is 0 Å². The second-order valence-electron chi connectivity index (χ2n) is 4.94. The lowest BCUT2D eigenvalue weighted by atomic mass is 10.1. The highest BCUT2D eigenvalue weighted by atomic mass is 16.5. The minimum absolute atomic E-state index is 0.0989. The lowest BCUT2D eigenvalue weighted by Gasteiger charge is -2.17. The second-order valence-corrected chi connectivity index (χ2v) is 4.94. The molecule has 1 aliphatic heterocycles. The molecule has 0 bridgehead atoms. The van der Waals surface area contributed by atoms with E-state index in [1.165, 1.54) is 0 Å². The molecule has 1 heterocycles. The minimum Gasteiger partial charge on any atom is -0.497 e. The summed E-state index contributed by atoms with van der Waals surface area (Å²) in [6, 6.07) is 5.40. The van der Waals surface area contributed by atoms with Crippen LogP contribution in [0.15, 0.2) is 18.2 Å². The molecule has 1 atom stereocenters. The Balaban J connectivity index is 2.07. The highest BCUT2D eigenvalue weighted by Crippen LogP contribution is 2.24. The maximum Gasteiger partial charge on any atom is 0.255 e. The maximum atomic E-state index is 12.3. The fraction of sp³-hybridized carbons (Fsp3) is 0.533. The van der Waals surface area contributed by atoms with E-state index in [1.54, 1.807) is 32.4 Å². The normalized spacial score (nSPS) is 19.0. The molecular weight excluding hydrogens is 256 g/mol.